The Morgan fingerprint density at radius 2 is 1.95 bits per heavy atom. The molecule has 0 amide bonds. The number of methoxy groups -OCH3 is 1. The lowest BCUT2D eigenvalue weighted by atomic mass is 9.87. The van der Waals surface area contributed by atoms with Gasteiger partial charge in [0.2, 0.25) is 0 Å². The van der Waals surface area contributed by atoms with Gasteiger partial charge in [-0.05, 0) is 62.9 Å². The van der Waals surface area contributed by atoms with Crippen molar-refractivity contribution in [1.29, 1.82) is 0 Å². The number of hydrogen-bond acceptors (Lipinski definition) is 10. The maximum Gasteiger partial charge on any atom is 0.514 e. The summed E-state index contributed by atoms with van der Waals surface area (Å²) in [7, 11) is 1.38. The van der Waals surface area contributed by atoms with Crippen molar-refractivity contribution < 1.29 is 37.9 Å². The van der Waals surface area contributed by atoms with E-state index in [2.05, 4.69) is 4.98 Å². The van der Waals surface area contributed by atoms with E-state index in [1.165, 1.54) is 37.4 Å². The van der Waals surface area contributed by atoms with E-state index in [1.54, 1.807) is 19.1 Å². The monoisotopic (exact) mass is 544 g/mol. The van der Waals surface area contributed by atoms with Gasteiger partial charge >= 0.3 is 12.1 Å². The smallest absolute Gasteiger partial charge is 0.489 e. The number of nitrogens with zero attached hydrogens (tertiary/aromatic N) is 2. The Labute approximate surface area is 221 Å². The van der Waals surface area contributed by atoms with Crippen LogP contribution in [0.4, 0.5) is 14.9 Å². The summed E-state index contributed by atoms with van der Waals surface area (Å²) in [6.45, 7) is 1.51. The van der Waals surface area contributed by atoms with Crippen molar-refractivity contribution in [3.05, 3.63) is 69.0 Å². The van der Waals surface area contributed by atoms with Crippen LogP contribution in [0, 0.1) is 28.1 Å². The molecule has 0 N–H and O–H groups in total. The van der Waals surface area contributed by atoms with E-state index in [-0.39, 0.29) is 36.0 Å². The van der Waals surface area contributed by atoms with Crippen molar-refractivity contribution in [1.82, 2.24) is 4.98 Å². The molecule has 1 saturated carbocycles. The van der Waals surface area contributed by atoms with Gasteiger partial charge in [0, 0.05) is 17.7 Å². The quantitative estimate of drug-likeness (QED) is 0.145. The first-order valence-electron chi connectivity index (χ1n) is 11.8. The number of rotatable bonds is 8. The van der Waals surface area contributed by atoms with Gasteiger partial charge in [-0.1, -0.05) is 0 Å². The second kappa shape index (κ2) is 12.0. The number of nitro benzene ring substituents is 1. The minimum atomic E-state index is -1.04. The predicted molar refractivity (Wildman–Crippen MR) is 135 cm³/mol. The highest BCUT2D eigenvalue weighted by atomic mass is 32.1. The molecule has 10 nitrogen and oxygen atoms in total. The van der Waals surface area contributed by atoms with Gasteiger partial charge in [0.05, 0.1) is 40.3 Å². The molecule has 200 valence electrons. The van der Waals surface area contributed by atoms with Gasteiger partial charge in [0.1, 0.15) is 18.1 Å². The zero-order valence-electron chi connectivity index (χ0n) is 20.7. The molecule has 1 aromatic carbocycles. The van der Waals surface area contributed by atoms with Gasteiger partial charge in [-0.15, -0.1) is 11.3 Å². The fourth-order valence-corrected chi connectivity index (χ4v) is 5.09. The van der Waals surface area contributed by atoms with Crippen LogP contribution in [-0.4, -0.2) is 35.2 Å². The third kappa shape index (κ3) is 6.62. The van der Waals surface area contributed by atoms with Crippen LogP contribution in [0.5, 0.6) is 11.5 Å². The van der Waals surface area contributed by atoms with Gasteiger partial charge in [-0.3, -0.25) is 14.9 Å². The minimum Gasteiger partial charge on any atom is -0.489 e. The highest BCUT2D eigenvalue weighted by Gasteiger charge is 2.29. The van der Waals surface area contributed by atoms with E-state index < -0.39 is 16.2 Å². The van der Waals surface area contributed by atoms with Crippen molar-refractivity contribution in [2.75, 3.05) is 7.11 Å². The highest BCUT2D eigenvalue weighted by molar-refractivity contribution is 7.14. The van der Waals surface area contributed by atoms with Gasteiger partial charge < -0.3 is 18.9 Å². The maximum atomic E-state index is 14.2. The molecule has 38 heavy (non-hydrogen) atoms. The van der Waals surface area contributed by atoms with Crippen LogP contribution in [0.1, 0.15) is 36.9 Å². The normalized spacial score (nSPS) is 16.9. The topological polar surface area (TPSA) is 127 Å². The lowest BCUT2D eigenvalue weighted by Crippen LogP contribution is -2.30. The SMILES string of the molecule is COC(=O)[C@H]1CCC[C@H](Oc2ccc(-c3sc(F)cc3COC(=O)Oc3ccc([N+](=O)[O-])cc3)nc2C)C1. The zero-order chi connectivity index (χ0) is 27.2. The Kier molecular flexibility index (Phi) is 8.52. The van der Waals surface area contributed by atoms with Crippen molar-refractivity contribution >= 4 is 29.1 Å². The molecule has 0 bridgehead atoms. The molecular formula is C26H25FN2O8S. The molecule has 0 unspecified atom stereocenters. The van der Waals surface area contributed by atoms with Crippen molar-refractivity contribution in [2.24, 2.45) is 5.92 Å². The van der Waals surface area contributed by atoms with Crippen LogP contribution in [0.25, 0.3) is 10.6 Å². The van der Waals surface area contributed by atoms with E-state index in [9.17, 15) is 24.1 Å². The molecule has 4 rings (SSSR count). The Bertz CT molecular complexity index is 1330. The summed E-state index contributed by atoms with van der Waals surface area (Å²) in [5, 5.41) is 10.3. The highest BCUT2D eigenvalue weighted by Crippen LogP contribution is 2.35. The number of nitro groups is 1. The number of carbonyl (C=O) groups is 2. The Balaban J connectivity index is 1.39. The van der Waals surface area contributed by atoms with Crippen LogP contribution >= 0.6 is 11.3 Å². The molecule has 3 aromatic rings. The minimum absolute atomic E-state index is 0.0704. The molecule has 1 fully saturated rings. The number of hydrogen-bond donors (Lipinski definition) is 0. The molecule has 2 heterocycles. The van der Waals surface area contributed by atoms with E-state index in [4.69, 9.17) is 18.9 Å². The van der Waals surface area contributed by atoms with Gasteiger partial charge in [0.25, 0.3) is 5.69 Å². The van der Waals surface area contributed by atoms with Gasteiger partial charge in [0.15, 0.2) is 5.13 Å². The number of non-ortho nitro benzene ring substituents is 1. The molecule has 0 radical (unpaired) electrons. The Morgan fingerprint density at radius 3 is 2.63 bits per heavy atom. The molecule has 2 aromatic heterocycles. The number of benzene rings is 1. The number of esters is 1. The van der Waals surface area contributed by atoms with Crippen LogP contribution in [0.2, 0.25) is 0 Å². The average molecular weight is 545 g/mol. The number of carbonyl (C=O) groups excluding carboxylic acids is 2. The van der Waals surface area contributed by atoms with E-state index in [1.807, 2.05) is 0 Å². The summed E-state index contributed by atoms with van der Waals surface area (Å²) in [5.41, 5.74) is 1.34. The lowest BCUT2D eigenvalue weighted by molar-refractivity contribution is -0.384. The van der Waals surface area contributed by atoms with Crippen molar-refractivity contribution in [3.63, 3.8) is 0 Å². The second-order valence-electron chi connectivity index (χ2n) is 8.70. The second-order valence-corrected chi connectivity index (χ2v) is 9.71. The number of pyridine rings is 1. The first-order valence-corrected chi connectivity index (χ1v) is 12.6. The summed E-state index contributed by atoms with van der Waals surface area (Å²) in [6.07, 6.45) is 1.86. The van der Waals surface area contributed by atoms with E-state index in [0.29, 0.717) is 34.0 Å². The molecule has 0 saturated heterocycles. The molecule has 0 aliphatic heterocycles. The summed E-state index contributed by atoms with van der Waals surface area (Å²) in [6, 6.07) is 9.65. The zero-order valence-corrected chi connectivity index (χ0v) is 21.5. The first-order chi connectivity index (χ1) is 18.2. The third-order valence-corrected chi connectivity index (χ3v) is 7.09. The molecule has 0 spiro atoms. The summed E-state index contributed by atoms with van der Waals surface area (Å²) >= 11 is 0.866. The number of aryl methyl sites for hydroxylation is 1. The van der Waals surface area contributed by atoms with Crippen LogP contribution in [0.3, 0.4) is 0 Å². The summed E-state index contributed by atoms with van der Waals surface area (Å²) in [4.78, 5) is 39.2. The Hall–Kier alpha value is -4.06. The standard InChI is InChI=1S/C26H25FN2O8S/c1-15-22(36-20-5-3-4-16(12-20)25(30)34-2)11-10-21(28-15)24-17(13-23(27)38-24)14-35-26(31)37-19-8-6-18(7-9-19)29(32)33/h6-11,13,16,20H,3-5,12,14H2,1-2H3/t16-,20-/m0/s1. The van der Waals surface area contributed by atoms with Crippen LogP contribution in [0.15, 0.2) is 42.5 Å². The number of aromatic nitrogens is 1. The lowest BCUT2D eigenvalue weighted by Gasteiger charge is -2.28. The number of thiophene rings is 1. The van der Waals surface area contributed by atoms with Gasteiger partial charge in [-0.25, -0.2) is 9.78 Å². The van der Waals surface area contributed by atoms with E-state index in [0.717, 1.165) is 30.6 Å². The predicted octanol–water partition coefficient (Wildman–Crippen LogP) is 5.99. The third-order valence-electron chi connectivity index (χ3n) is 6.10. The fourth-order valence-electron chi connectivity index (χ4n) is 4.23. The molecule has 2 atom stereocenters. The summed E-state index contributed by atoms with van der Waals surface area (Å²) < 4.78 is 35.3. The average Bonchev–Trinajstić information content (AvgIpc) is 3.29. The van der Waals surface area contributed by atoms with Crippen molar-refractivity contribution in [3.8, 4) is 22.1 Å². The maximum absolute atomic E-state index is 14.2. The largest absolute Gasteiger partial charge is 0.514 e. The molecule has 12 heteroatoms. The Morgan fingerprint density at radius 1 is 1.18 bits per heavy atom. The molecule has 1 aliphatic rings. The molecular weight excluding hydrogens is 519 g/mol. The van der Waals surface area contributed by atoms with Crippen LogP contribution < -0.4 is 9.47 Å². The summed E-state index contributed by atoms with van der Waals surface area (Å²) in [5.74, 6) is 0.233. The van der Waals surface area contributed by atoms with Crippen LogP contribution in [-0.2, 0) is 20.9 Å². The van der Waals surface area contributed by atoms with Crippen molar-refractivity contribution in [2.45, 2.75) is 45.3 Å². The number of ether oxygens (including phenoxy) is 4. The number of halogens is 1. The fraction of sp³-hybridized carbons (Fsp3) is 0.346. The first kappa shape index (κ1) is 27.0. The molecule has 1 aliphatic carbocycles. The van der Waals surface area contributed by atoms with Gasteiger partial charge in [-0.2, -0.15) is 4.39 Å². The van der Waals surface area contributed by atoms with E-state index >= 15 is 0 Å².